The molecule has 1 N–H and O–H groups in total. The molecule has 0 radical (unpaired) electrons. The Labute approximate surface area is 249 Å². The van der Waals surface area contributed by atoms with Crippen LogP contribution in [0.2, 0.25) is 5.02 Å². The average molecular weight is 598 g/mol. The lowest BCUT2D eigenvalue weighted by molar-refractivity contribution is -0.140. The van der Waals surface area contributed by atoms with E-state index in [9.17, 15) is 18.0 Å². The summed E-state index contributed by atoms with van der Waals surface area (Å²) in [5, 5.41) is 3.48. The fraction of sp³-hybridized carbons (Fsp3) is 0.375. The molecule has 0 heterocycles. The van der Waals surface area contributed by atoms with Crippen LogP contribution in [-0.4, -0.2) is 50.0 Å². The van der Waals surface area contributed by atoms with E-state index in [1.165, 1.54) is 4.90 Å². The number of nitrogens with zero attached hydrogens (tertiary/aromatic N) is 2. The van der Waals surface area contributed by atoms with Gasteiger partial charge in [-0.3, -0.25) is 13.9 Å². The molecule has 0 saturated carbocycles. The molecule has 41 heavy (non-hydrogen) atoms. The number of carbonyl (C=O) groups excluding carboxylic acids is 2. The molecule has 2 amide bonds. The molecule has 0 fully saturated rings. The zero-order valence-electron chi connectivity index (χ0n) is 24.4. The quantitative estimate of drug-likeness (QED) is 0.270. The first-order valence-corrected chi connectivity index (χ1v) is 16.1. The van der Waals surface area contributed by atoms with E-state index in [2.05, 4.69) is 5.32 Å². The Morgan fingerprint density at radius 2 is 1.51 bits per heavy atom. The number of anilines is 1. The summed E-state index contributed by atoms with van der Waals surface area (Å²) in [6.45, 7) is 7.40. The zero-order valence-corrected chi connectivity index (χ0v) is 26.0. The first-order chi connectivity index (χ1) is 19.4. The lowest BCUT2D eigenvalue weighted by Crippen LogP contribution is -2.54. The lowest BCUT2D eigenvalue weighted by atomic mass is 10.0. The van der Waals surface area contributed by atoms with E-state index in [4.69, 9.17) is 11.6 Å². The number of halogens is 1. The van der Waals surface area contributed by atoms with Gasteiger partial charge in [0.15, 0.2) is 0 Å². The Morgan fingerprint density at radius 3 is 2.12 bits per heavy atom. The number of benzene rings is 3. The van der Waals surface area contributed by atoms with Gasteiger partial charge in [-0.25, -0.2) is 8.42 Å². The van der Waals surface area contributed by atoms with Gasteiger partial charge < -0.3 is 10.2 Å². The van der Waals surface area contributed by atoms with Gasteiger partial charge in [0.1, 0.15) is 12.6 Å². The van der Waals surface area contributed by atoms with Crippen LogP contribution < -0.4 is 9.62 Å². The molecule has 3 rings (SSSR count). The summed E-state index contributed by atoms with van der Waals surface area (Å²) < 4.78 is 27.4. The summed E-state index contributed by atoms with van der Waals surface area (Å²) in [5.41, 5.74) is 2.78. The van der Waals surface area contributed by atoms with Gasteiger partial charge in [-0.1, -0.05) is 99.1 Å². The Bertz CT molecular complexity index is 1430. The van der Waals surface area contributed by atoms with Gasteiger partial charge in [0.25, 0.3) is 0 Å². The minimum absolute atomic E-state index is 0.0249. The highest BCUT2D eigenvalue weighted by molar-refractivity contribution is 7.92. The second-order valence-electron chi connectivity index (χ2n) is 10.6. The van der Waals surface area contributed by atoms with E-state index in [0.717, 1.165) is 28.1 Å². The number of amides is 2. The van der Waals surface area contributed by atoms with E-state index in [1.807, 2.05) is 76.2 Å². The molecule has 0 aliphatic rings. The van der Waals surface area contributed by atoms with Gasteiger partial charge in [0, 0.05) is 24.0 Å². The predicted octanol–water partition coefficient (Wildman–Crippen LogP) is 5.78. The molecule has 0 aromatic heterocycles. The SMILES string of the molecule is CC[C@@H](C)NC(=O)[C@H](Cc1ccccc1)N(Cc1ccccc1Cl)C(=O)CN(c1ccccc1C(C)C)S(C)(=O)=O. The van der Waals surface area contributed by atoms with Crippen LogP contribution in [0.15, 0.2) is 78.9 Å². The molecule has 0 spiro atoms. The first-order valence-electron chi connectivity index (χ1n) is 13.9. The molecule has 3 aromatic carbocycles. The molecular formula is C32H40ClN3O4S. The number of sulfonamides is 1. The van der Waals surface area contributed by atoms with Crippen LogP contribution in [0.1, 0.15) is 56.7 Å². The highest BCUT2D eigenvalue weighted by Gasteiger charge is 2.34. The van der Waals surface area contributed by atoms with Crippen molar-refractivity contribution in [1.29, 1.82) is 0 Å². The van der Waals surface area contributed by atoms with Crippen LogP contribution in [-0.2, 0) is 32.6 Å². The Kier molecular flexibility index (Phi) is 11.4. The van der Waals surface area contributed by atoms with Crippen LogP contribution in [0.3, 0.4) is 0 Å². The molecule has 0 aliphatic carbocycles. The van der Waals surface area contributed by atoms with Gasteiger partial charge >= 0.3 is 0 Å². The molecule has 0 aliphatic heterocycles. The molecule has 7 nitrogen and oxygen atoms in total. The smallest absolute Gasteiger partial charge is 0.244 e. The van der Waals surface area contributed by atoms with Crippen molar-refractivity contribution in [2.75, 3.05) is 17.1 Å². The standard InChI is InChI=1S/C32H40ClN3O4S/c1-6-24(4)34-32(38)30(20-25-14-8-7-9-15-25)35(21-26-16-10-12-18-28(26)33)31(37)22-36(41(5,39)40)29-19-13-11-17-27(29)23(2)3/h7-19,23-24,30H,6,20-22H2,1-5H3,(H,34,38)/t24-,30+/m1/s1. The van der Waals surface area contributed by atoms with Gasteiger partial charge in [-0.05, 0) is 48.1 Å². The van der Waals surface area contributed by atoms with E-state index < -0.39 is 28.5 Å². The Balaban J connectivity index is 2.11. The van der Waals surface area contributed by atoms with Crippen LogP contribution in [0.25, 0.3) is 0 Å². The maximum Gasteiger partial charge on any atom is 0.244 e. The highest BCUT2D eigenvalue weighted by Crippen LogP contribution is 2.29. The van der Waals surface area contributed by atoms with Gasteiger partial charge in [0.2, 0.25) is 21.8 Å². The Hall–Kier alpha value is -3.36. The van der Waals surface area contributed by atoms with Gasteiger partial charge in [-0.15, -0.1) is 0 Å². The maximum atomic E-state index is 14.3. The third-order valence-electron chi connectivity index (χ3n) is 7.08. The van der Waals surface area contributed by atoms with Crippen LogP contribution in [0.4, 0.5) is 5.69 Å². The first kappa shape index (κ1) is 32.2. The van der Waals surface area contributed by atoms with E-state index in [0.29, 0.717) is 16.3 Å². The number of nitrogens with one attached hydrogen (secondary N) is 1. The van der Waals surface area contributed by atoms with Gasteiger partial charge in [0.05, 0.1) is 11.9 Å². The third kappa shape index (κ3) is 8.81. The number of para-hydroxylation sites is 1. The average Bonchev–Trinajstić information content (AvgIpc) is 2.94. The van der Waals surface area contributed by atoms with E-state index in [1.54, 1.807) is 30.3 Å². The summed E-state index contributed by atoms with van der Waals surface area (Å²) in [4.78, 5) is 29.5. The summed E-state index contributed by atoms with van der Waals surface area (Å²) in [6, 6.07) is 22.8. The van der Waals surface area contributed by atoms with Crippen molar-refractivity contribution in [3.05, 3.63) is 101 Å². The summed E-state index contributed by atoms with van der Waals surface area (Å²) >= 11 is 6.51. The molecule has 3 aromatic rings. The van der Waals surface area contributed by atoms with Crippen LogP contribution in [0.5, 0.6) is 0 Å². The summed E-state index contributed by atoms with van der Waals surface area (Å²) in [5.74, 6) is -0.789. The fourth-order valence-corrected chi connectivity index (χ4v) is 5.67. The normalized spacial score (nSPS) is 13.0. The minimum atomic E-state index is -3.85. The van der Waals surface area contributed by atoms with Crippen molar-refractivity contribution < 1.29 is 18.0 Å². The minimum Gasteiger partial charge on any atom is -0.352 e. The molecule has 0 saturated heterocycles. The molecule has 9 heteroatoms. The monoisotopic (exact) mass is 597 g/mol. The second-order valence-corrected chi connectivity index (χ2v) is 12.9. The van der Waals surface area contributed by atoms with Crippen LogP contribution in [0, 0.1) is 0 Å². The third-order valence-corrected chi connectivity index (χ3v) is 8.57. The van der Waals surface area contributed by atoms with Gasteiger partial charge in [-0.2, -0.15) is 0 Å². The number of hydrogen-bond acceptors (Lipinski definition) is 4. The second kappa shape index (κ2) is 14.5. The highest BCUT2D eigenvalue weighted by atomic mass is 35.5. The number of rotatable bonds is 13. The molecule has 220 valence electrons. The van der Waals surface area contributed by atoms with Crippen molar-refractivity contribution in [3.63, 3.8) is 0 Å². The largest absolute Gasteiger partial charge is 0.352 e. The molecule has 0 unspecified atom stereocenters. The van der Waals surface area contributed by atoms with E-state index >= 15 is 0 Å². The van der Waals surface area contributed by atoms with E-state index in [-0.39, 0.29) is 30.8 Å². The molecular weight excluding hydrogens is 558 g/mol. The zero-order chi connectivity index (χ0) is 30.2. The fourth-order valence-electron chi connectivity index (χ4n) is 4.60. The molecule has 0 bridgehead atoms. The summed E-state index contributed by atoms with van der Waals surface area (Å²) in [7, 11) is -3.85. The van der Waals surface area contributed by atoms with Crippen molar-refractivity contribution >= 4 is 39.1 Å². The Morgan fingerprint density at radius 1 is 0.902 bits per heavy atom. The van der Waals surface area contributed by atoms with Crippen molar-refractivity contribution in [2.24, 2.45) is 0 Å². The maximum absolute atomic E-state index is 14.3. The van der Waals surface area contributed by atoms with Crippen molar-refractivity contribution in [3.8, 4) is 0 Å². The summed E-state index contributed by atoms with van der Waals surface area (Å²) in [6.07, 6.45) is 2.06. The van der Waals surface area contributed by atoms with Crippen molar-refractivity contribution in [2.45, 2.75) is 65.1 Å². The predicted molar refractivity (Wildman–Crippen MR) is 167 cm³/mol. The van der Waals surface area contributed by atoms with Crippen molar-refractivity contribution in [1.82, 2.24) is 10.2 Å². The molecule has 2 atom stereocenters. The van der Waals surface area contributed by atoms with Crippen LogP contribution >= 0.6 is 11.6 Å². The number of hydrogen-bond donors (Lipinski definition) is 1. The number of carbonyl (C=O) groups is 2. The topological polar surface area (TPSA) is 86.8 Å². The lowest BCUT2D eigenvalue weighted by Gasteiger charge is -2.34.